The van der Waals surface area contributed by atoms with Gasteiger partial charge in [0.15, 0.2) is 0 Å². The molecule has 308 valence electrons. The molecule has 1 heteroatoms. The van der Waals surface area contributed by atoms with Crippen molar-refractivity contribution in [3.05, 3.63) is 205 Å². The van der Waals surface area contributed by atoms with E-state index in [-0.39, 0.29) is 5.41 Å². The van der Waals surface area contributed by atoms with Crippen LogP contribution in [0, 0.1) is 23.7 Å². The quantitative estimate of drug-likeness (QED) is 0.155. The zero-order valence-electron chi connectivity index (χ0n) is 36.2. The Balaban J connectivity index is 0.859. The highest BCUT2D eigenvalue weighted by Gasteiger charge is 2.62. The van der Waals surface area contributed by atoms with E-state index in [1.807, 2.05) is 11.3 Å². The average Bonchev–Trinajstić information content (AvgIpc) is 3.89. The second-order valence-electron chi connectivity index (χ2n) is 19.9. The van der Waals surface area contributed by atoms with E-state index in [2.05, 4.69) is 194 Å². The molecule has 0 aliphatic heterocycles. The number of hydrogen-bond donors (Lipinski definition) is 0. The topological polar surface area (TPSA) is 0 Å². The molecular weight excluding hydrogens is 801 g/mol. The number of rotatable bonds is 4. The Morgan fingerprint density at radius 1 is 0.354 bits per heavy atom. The van der Waals surface area contributed by atoms with Crippen LogP contribution < -0.4 is 0 Å². The molecule has 0 amide bonds. The fourth-order valence-corrected chi connectivity index (χ4v) is 15.9. The van der Waals surface area contributed by atoms with Gasteiger partial charge >= 0.3 is 0 Å². The van der Waals surface area contributed by atoms with Crippen molar-refractivity contribution in [1.29, 1.82) is 0 Å². The van der Waals surface area contributed by atoms with E-state index >= 15 is 0 Å². The van der Waals surface area contributed by atoms with Gasteiger partial charge in [-0.05, 0) is 161 Å². The summed E-state index contributed by atoms with van der Waals surface area (Å²) in [6.07, 6.45) is 7.05. The first-order valence-corrected chi connectivity index (χ1v) is 24.7. The monoisotopic (exact) mass is 846 g/mol. The zero-order valence-corrected chi connectivity index (χ0v) is 37.0. The summed E-state index contributed by atoms with van der Waals surface area (Å²) in [5, 5.41) is 10.7. The zero-order chi connectivity index (χ0) is 42.4. The third-order valence-corrected chi connectivity index (χ3v) is 18.1. The summed E-state index contributed by atoms with van der Waals surface area (Å²) in [6, 6.07) is 74.2. The van der Waals surface area contributed by atoms with Crippen molar-refractivity contribution in [1.82, 2.24) is 0 Å². The van der Waals surface area contributed by atoms with Crippen molar-refractivity contribution < 1.29 is 0 Å². The van der Waals surface area contributed by atoms with Crippen LogP contribution in [-0.2, 0) is 5.41 Å². The standard InChI is InChI=1S/C64H46S/c1-2-15-48-41(12-1)30-31-55-61-47(21-11-24-57(61)64(62(48)55)45-33-38-32-39(35-45)36-46(64)34-38)42-28-26-40(27-29-42)43-13-9-14-44(37-43)59-50-17-3-5-19-52(50)60(53-20-6-4-18-51(53)59)56-23-10-22-54-49-16-7-8-25-58(49)65-63(54)56/h1-31,37-39,45-46H,32-36H2. The van der Waals surface area contributed by atoms with E-state index in [0.29, 0.717) is 0 Å². The Hall–Kier alpha value is -6.80. The Kier molecular flexibility index (Phi) is 7.65. The van der Waals surface area contributed by atoms with E-state index in [9.17, 15) is 0 Å². The molecule has 4 fully saturated rings. The lowest BCUT2D eigenvalue weighted by molar-refractivity contribution is -0.0393. The van der Waals surface area contributed by atoms with Gasteiger partial charge in [0.25, 0.3) is 0 Å². The highest BCUT2D eigenvalue weighted by Crippen LogP contribution is 2.71. The molecule has 0 unspecified atom stereocenters. The molecule has 10 aromatic carbocycles. The smallest absolute Gasteiger partial charge is 0.0434 e. The minimum atomic E-state index is 0.119. The molecule has 4 bridgehead atoms. The summed E-state index contributed by atoms with van der Waals surface area (Å²) in [7, 11) is 0. The largest absolute Gasteiger partial charge is 0.135 e. The maximum Gasteiger partial charge on any atom is 0.0434 e. The second kappa shape index (κ2) is 13.6. The van der Waals surface area contributed by atoms with Gasteiger partial charge in [-0.15, -0.1) is 11.3 Å². The van der Waals surface area contributed by atoms with Gasteiger partial charge in [-0.1, -0.05) is 182 Å². The summed E-state index contributed by atoms with van der Waals surface area (Å²) in [4.78, 5) is 0. The van der Waals surface area contributed by atoms with Gasteiger partial charge in [-0.3, -0.25) is 0 Å². The predicted molar refractivity (Wildman–Crippen MR) is 277 cm³/mol. The lowest BCUT2D eigenvalue weighted by Gasteiger charge is -2.61. The molecule has 16 rings (SSSR count). The van der Waals surface area contributed by atoms with Crippen molar-refractivity contribution in [2.75, 3.05) is 0 Å². The van der Waals surface area contributed by atoms with E-state index < -0.39 is 0 Å². The summed E-state index contributed by atoms with van der Waals surface area (Å²) >= 11 is 1.91. The van der Waals surface area contributed by atoms with Crippen molar-refractivity contribution in [3.8, 4) is 55.6 Å². The fourth-order valence-electron chi connectivity index (χ4n) is 14.6. The van der Waals surface area contributed by atoms with Crippen LogP contribution in [0.5, 0.6) is 0 Å². The van der Waals surface area contributed by atoms with Gasteiger partial charge in [-0.25, -0.2) is 0 Å². The number of benzene rings is 10. The van der Waals surface area contributed by atoms with Crippen LogP contribution in [0.3, 0.4) is 0 Å². The summed E-state index contributed by atoms with van der Waals surface area (Å²) in [5.41, 5.74) is 16.7. The van der Waals surface area contributed by atoms with Crippen molar-refractivity contribution in [2.24, 2.45) is 23.7 Å². The van der Waals surface area contributed by atoms with Gasteiger partial charge < -0.3 is 0 Å². The Bertz CT molecular complexity index is 3700. The van der Waals surface area contributed by atoms with Crippen molar-refractivity contribution in [3.63, 3.8) is 0 Å². The van der Waals surface area contributed by atoms with E-state index in [1.54, 1.807) is 11.1 Å². The predicted octanol–water partition coefficient (Wildman–Crippen LogP) is 17.9. The van der Waals surface area contributed by atoms with E-state index in [1.165, 1.54) is 140 Å². The first kappa shape index (κ1) is 36.5. The van der Waals surface area contributed by atoms with Crippen LogP contribution in [0.2, 0.25) is 0 Å². The molecule has 65 heavy (non-hydrogen) atoms. The molecule has 1 heterocycles. The van der Waals surface area contributed by atoms with Crippen LogP contribution in [0.25, 0.3) is 108 Å². The maximum atomic E-state index is 2.54. The lowest BCUT2D eigenvalue weighted by atomic mass is 9.43. The van der Waals surface area contributed by atoms with Gasteiger partial charge in [0.1, 0.15) is 0 Å². The molecule has 0 atom stereocenters. The van der Waals surface area contributed by atoms with Crippen LogP contribution in [-0.4, -0.2) is 0 Å². The average molecular weight is 847 g/mol. The first-order chi connectivity index (χ1) is 32.2. The van der Waals surface area contributed by atoms with Crippen LogP contribution in [0.4, 0.5) is 0 Å². The number of thiophene rings is 1. The maximum absolute atomic E-state index is 2.54. The summed E-state index contributed by atoms with van der Waals surface area (Å²) in [6.45, 7) is 0. The van der Waals surface area contributed by atoms with Crippen LogP contribution in [0.15, 0.2) is 194 Å². The third-order valence-electron chi connectivity index (χ3n) is 16.8. The Morgan fingerprint density at radius 3 is 1.66 bits per heavy atom. The van der Waals surface area contributed by atoms with Crippen molar-refractivity contribution in [2.45, 2.75) is 37.5 Å². The molecule has 1 spiro atoms. The van der Waals surface area contributed by atoms with Gasteiger partial charge in [0.05, 0.1) is 0 Å². The van der Waals surface area contributed by atoms with Gasteiger partial charge in [-0.2, -0.15) is 0 Å². The number of hydrogen-bond acceptors (Lipinski definition) is 1. The second-order valence-corrected chi connectivity index (χ2v) is 20.9. The minimum Gasteiger partial charge on any atom is -0.135 e. The third kappa shape index (κ3) is 5.03. The summed E-state index contributed by atoms with van der Waals surface area (Å²) in [5.74, 6) is 3.31. The summed E-state index contributed by atoms with van der Waals surface area (Å²) < 4.78 is 2.69. The first-order valence-electron chi connectivity index (χ1n) is 23.9. The Morgan fingerprint density at radius 2 is 0.923 bits per heavy atom. The molecule has 5 aliphatic rings. The molecule has 5 aliphatic carbocycles. The van der Waals surface area contributed by atoms with Gasteiger partial charge in [0, 0.05) is 31.2 Å². The molecule has 0 radical (unpaired) electrons. The molecule has 4 saturated carbocycles. The molecule has 11 aromatic rings. The molecule has 0 nitrogen and oxygen atoms in total. The minimum absolute atomic E-state index is 0.119. The molecule has 1 aromatic heterocycles. The normalized spacial score (nSPS) is 21.6. The highest BCUT2D eigenvalue weighted by atomic mass is 32.1. The van der Waals surface area contributed by atoms with E-state index in [0.717, 1.165) is 23.7 Å². The SMILES string of the molecule is c1cc(-c2ccc(-c3cccc4c3-c3ccc5ccccc5c3C43C4CC5CC(C4)CC3C5)cc2)cc(-c2c3ccccc3c(-c3cccc4c3sc3ccccc34)c3ccccc23)c1. The Labute approximate surface area is 383 Å². The van der Waals surface area contributed by atoms with Crippen molar-refractivity contribution >= 4 is 63.8 Å². The highest BCUT2D eigenvalue weighted by molar-refractivity contribution is 7.26. The molecular formula is C64H46S. The molecule has 0 N–H and O–H groups in total. The van der Waals surface area contributed by atoms with E-state index in [4.69, 9.17) is 0 Å². The molecule has 0 saturated heterocycles. The fraction of sp³-hybridized carbons (Fsp3) is 0.156. The number of fused-ring (bicyclic) bond motifs is 10. The lowest BCUT2D eigenvalue weighted by Crippen LogP contribution is -2.55. The van der Waals surface area contributed by atoms with Crippen LogP contribution >= 0.6 is 11.3 Å². The van der Waals surface area contributed by atoms with Crippen LogP contribution in [0.1, 0.15) is 43.2 Å². The van der Waals surface area contributed by atoms with Gasteiger partial charge in [0.2, 0.25) is 0 Å².